The van der Waals surface area contributed by atoms with Gasteiger partial charge in [-0.25, -0.2) is 4.68 Å². The van der Waals surface area contributed by atoms with Gasteiger partial charge in [-0.1, -0.05) is 6.92 Å². The molecule has 1 aromatic heterocycles. The summed E-state index contributed by atoms with van der Waals surface area (Å²) in [5.41, 5.74) is 0. The number of hydrogen-bond donors (Lipinski definition) is 1. The molecule has 0 aromatic carbocycles. The summed E-state index contributed by atoms with van der Waals surface area (Å²) in [6.07, 6.45) is 5.15. The Labute approximate surface area is 97.0 Å². The molecule has 16 heavy (non-hydrogen) atoms. The van der Waals surface area contributed by atoms with Crippen molar-refractivity contribution < 1.29 is 4.74 Å². The maximum absolute atomic E-state index is 5.36. The van der Waals surface area contributed by atoms with E-state index in [1.54, 1.807) is 0 Å². The minimum Gasteiger partial charge on any atom is -0.381 e. The first-order valence-electron chi connectivity index (χ1n) is 6.19. The molecule has 1 unspecified atom stereocenters. The van der Waals surface area contributed by atoms with E-state index >= 15 is 0 Å². The lowest BCUT2D eigenvalue weighted by molar-refractivity contribution is 0.0902. The summed E-state index contributed by atoms with van der Waals surface area (Å²) >= 11 is 0. The smallest absolute Gasteiger partial charge is 0.124 e. The summed E-state index contributed by atoms with van der Waals surface area (Å²) in [5, 5.41) is 7.94. The molecular formula is C12H21N3O. The highest BCUT2D eigenvalue weighted by Crippen LogP contribution is 2.19. The molecule has 1 atom stereocenters. The van der Waals surface area contributed by atoms with Gasteiger partial charge in [-0.15, -0.1) is 0 Å². The van der Waals surface area contributed by atoms with E-state index < -0.39 is 0 Å². The van der Waals surface area contributed by atoms with Gasteiger partial charge in [0.15, 0.2) is 0 Å². The summed E-state index contributed by atoms with van der Waals surface area (Å²) in [6.45, 7) is 6.12. The predicted molar refractivity (Wildman–Crippen MR) is 64.7 cm³/mol. The fourth-order valence-electron chi connectivity index (χ4n) is 2.00. The molecule has 0 saturated carbocycles. The lowest BCUT2D eigenvalue weighted by Gasteiger charge is -2.25. The standard InChI is InChI=1S/C12H21N3O/c1-3-10(2)15-12(4-7-13-15)14-11-5-8-16-9-6-11/h4,7,10-11,14H,3,5-6,8-9H2,1-2H3. The minimum atomic E-state index is 0.456. The normalized spacial score (nSPS) is 19.6. The van der Waals surface area contributed by atoms with Gasteiger partial charge in [0.05, 0.1) is 12.2 Å². The molecule has 1 N–H and O–H groups in total. The number of hydrogen-bond acceptors (Lipinski definition) is 3. The molecule has 0 spiro atoms. The molecular weight excluding hydrogens is 202 g/mol. The average molecular weight is 223 g/mol. The molecule has 2 rings (SSSR count). The van der Waals surface area contributed by atoms with E-state index in [-0.39, 0.29) is 0 Å². The summed E-state index contributed by atoms with van der Waals surface area (Å²) in [5.74, 6) is 1.14. The first kappa shape index (κ1) is 11.5. The third kappa shape index (κ3) is 2.55. The molecule has 0 amide bonds. The van der Waals surface area contributed by atoms with E-state index in [2.05, 4.69) is 35.0 Å². The van der Waals surface area contributed by atoms with E-state index in [9.17, 15) is 0 Å². The van der Waals surface area contributed by atoms with Crippen molar-refractivity contribution >= 4 is 5.82 Å². The number of ether oxygens (including phenoxy) is 1. The third-order valence-electron chi connectivity index (χ3n) is 3.25. The van der Waals surface area contributed by atoms with Crippen LogP contribution in [0.2, 0.25) is 0 Å². The lowest BCUT2D eigenvalue weighted by Crippen LogP contribution is -2.29. The van der Waals surface area contributed by atoms with Crippen LogP contribution in [0.1, 0.15) is 39.2 Å². The van der Waals surface area contributed by atoms with Gasteiger partial charge in [-0.3, -0.25) is 0 Å². The Morgan fingerprint density at radius 1 is 1.56 bits per heavy atom. The number of nitrogens with one attached hydrogen (secondary N) is 1. The van der Waals surface area contributed by atoms with Gasteiger partial charge in [0.1, 0.15) is 5.82 Å². The molecule has 1 saturated heterocycles. The Kier molecular flexibility index (Phi) is 3.83. The van der Waals surface area contributed by atoms with Crippen molar-refractivity contribution in [2.75, 3.05) is 18.5 Å². The summed E-state index contributed by atoms with van der Waals surface area (Å²) in [4.78, 5) is 0. The van der Waals surface area contributed by atoms with Crippen molar-refractivity contribution in [3.05, 3.63) is 12.3 Å². The van der Waals surface area contributed by atoms with Crippen LogP contribution in [0.25, 0.3) is 0 Å². The molecule has 2 heterocycles. The topological polar surface area (TPSA) is 39.1 Å². The molecule has 1 aliphatic heterocycles. The fraction of sp³-hybridized carbons (Fsp3) is 0.750. The van der Waals surface area contributed by atoms with Gasteiger partial charge in [0.25, 0.3) is 0 Å². The highest BCUT2D eigenvalue weighted by molar-refractivity contribution is 5.35. The molecule has 0 aliphatic carbocycles. The van der Waals surface area contributed by atoms with Crippen LogP contribution in [-0.4, -0.2) is 29.0 Å². The fourth-order valence-corrected chi connectivity index (χ4v) is 2.00. The second-order valence-electron chi connectivity index (χ2n) is 4.45. The molecule has 1 fully saturated rings. The molecule has 90 valence electrons. The van der Waals surface area contributed by atoms with Crippen molar-refractivity contribution in [2.45, 2.75) is 45.2 Å². The molecule has 4 heteroatoms. The Hall–Kier alpha value is -1.03. The second kappa shape index (κ2) is 5.34. The first-order chi connectivity index (χ1) is 7.81. The van der Waals surface area contributed by atoms with Gasteiger partial charge in [-0.2, -0.15) is 5.10 Å². The van der Waals surface area contributed by atoms with Gasteiger partial charge >= 0.3 is 0 Å². The van der Waals surface area contributed by atoms with Crippen molar-refractivity contribution in [3.63, 3.8) is 0 Å². The largest absolute Gasteiger partial charge is 0.381 e. The Bertz CT molecular complexity index is 318. The SMILES string of the molecule is CCC(C)n1nccc1NC1CCOCC1. The van der Waals surface area contributed by atoms with Crippen molar-refractivity contribution in [1.29, 1.82) is 0 Å². The Morgan fingerprint density at radius 2 is 2.31 bits per heavy atom. The molecule has 0 bridgehead atoms. The zero-order valence-electron chi connectivity index (χ0n) is 10.1. The van der Waals surface area contributed by atoms with Crippen LogP contribution in [0.5, 0.6) is 0 Å². The third-order valence-corrected chi connectivity index (χ3v) is 3.25. The second-order valence-corrected chi connectivity index (χ2v) is 4.45. The number of rotatable bonds is 4. The van der Waals surface area contributed by atoms with Crippen LogP contribution < -0.4 is 5.32 Å². The highest BCUT2D eigenvalue weighted by Gasteiger charge is 2.16. The summed E-state index contributed by atoms with van der Waals surface area (Å²) < 4.78 is 7.43. The van der Waals surface area contributed by atoms with Crippen LogP contribution in [0.3, 0.4) is 0 Å². The zero-order chi connectivity index (χ0) is 11.4. The Morgan fingerprint density at radius 3 is 3.00 bits per heavy atom. The van der Waals surface area contributed by atoms with Crippen molar-refractivity contribution in [2.24, 2.45) is 0 Å². The predicted octanol–water partition coefficient (Wildman–Crippen LogP) is 2.45. The van der Waals surface area contributed by atoms with E-state index in [1.807, 2.05) is 6.20 Å². The van der Waals surface area contributed by atoms with Crippen LogP contribution in [-0.2, 0) is 4.74 Å². The maximum atomic E-state index is 5.36. The number of nitrogens with zero attached hydrogens (tertiary/aromatic N) is 2. The molecule has 4 nitrogen and oxygen atoms in total. The van der Waals surface area contributed by atoms with Crippen LogP contribution in [0.15, 0.2) is 12.3 Å². The molecule has 1 aliphatic rings. The van der Waals surface area contributed by atoms with Gasteiger partial charge in [0.2, 0.25) is 0 Å². The van der Waals surface area contributed by atoms with E-state index in [0.29, 0.717) is 12.1 Å². The maximum Gasteiger partial charge on any atom is 0.124 e. The van der Waals surface area contributed by atoms with Gasteiger partial charge < -0.3 is 10.1 Å². The summed E-state index contributed by atoms with van der Waals surface area (Å²) in [6, 6.07) is 3.05. The van der Waals surface area contributed by atoms with Crippen LogP contribution in [0.4, 0.5) is 5.82 Å². The van der Waals surface area contributed by atoms with E-state index in [1.165, 1.54) is 0 Å². The highest BCUT2D eigenvalue weighted by atomic mass is 16.5. The van der Waals surface area contributed by atoms with E-state index in [0.717, 1.165) is 38.3 Å². The molecule has 1 aromatic rings. The average Bonchev–Trinajstić information content (AvgIpc) is 2.77. The Balaban J connectivity index is 2.00. The summed E-state index contributed by atoms with van der Waals surface area (Å²) in [7, 11) is 0. The minimum absolute atomic E-state index is 0.456. The van der Waals surface area contributed by atoms with Crippen LogP contribution >= 0.6 is 0 Å². The first-order valence-corrected chi connectivity index (χ1v) is 6.19. The quantitative estimate of drug-likeness (QED) is 0.852. The van der Waals surface area contributed by atoms with E-state index in [4.69, 9.17) is 4.74 Å². The van der Waals surface area contributed by atoms with Crippen molar-refractivity contribution in [3.8, 4) is 0 Å². The number of anilines is 1. The van der Waals surface area contributed by atoms with Crippen molar-refractivity contribution in [1.82, 2.24) is 9.78 Å². The lowest BCUT2D eigenvalue weighted by atomic mass is 10.1. The van der Waals surface area contributed by atoms with Gasteiger partial charge in [-0.05, 0) is 26.2 Å². The molecule has 0 radical (unpaired) electrons. The van der Waals surface area contributed by atoms with Crippen LogP contribution in [0, 0.1) is 0 Å². The van der Waals surface area contributed by atoms with Gasteiger partial charge in [0, 0.05) is 25.3 Å². The zero-order valence-corrected chi connectivity index (χ0v) is 10.1. The number of aromatic nitrogens is 2. The monoisotopic (exact) mass is 223 g/mol.